The van der Waals surface area contributed by atoms with Gasteiger partial charge < -0.3 is 4.74 Å². The summed E-state index contributed by atoms with van der Waals surface area (Å²) in [7, 11) is -4.94. The molecule has 1 aliphatic carbocycles. The van der Waals surface area contributed by atoms with Crippen molar-refractivity contribution in [1.82, 2.24) is 0 Å². The minimum Gasteiger partial charge on any atom is -0.467 e. The molecule has 1 aromatic carbocycles. The van der Waals surface area contributed by atoms with Gasteiger partial charge in [0.25, 0.3) is 0 Å². The van der Waals surface area contributed by atoms with Gasteiger partial charge in [-0.05, 0) is 74.1 Å². The summed E-state index contributed by atoms with van der Waals surface area (Å²) in [6.45, 7) is 6.12. The monoisotopic (exact) mass is 430 g/mol. The van der Waals surface area contributed by atoms with E-state index in [0.717, 1.165) is 47.9 Å². The second-order valence-corrected chi connectivity index (χ2v) is 7.96. The first-order valence-corrected chi connectivity index (χ1v) is 10.8. The van der Waals surface area contributed by atoms with Gasteiger partial charge in [0.2, 0.25) is 0 Å². The van der Waals surface area contributed by atoms with E-state index in [-0.39, 0.29) is 0 Å². The molecule has 0 atom stereocenters. The summed E-state index contributed by atoms with van der Waals surface area (Å²) in [5, 5.41) is 0. The molecule has 0 saturated heterocycles. The minimum atomic E-state index is -4.94. The maximum Gasteiger partial charge on any atom is 0.360 e. The molecule has 1 aliphatic heterocycles. The van der Waals surface area contributed by atoms with Gasteiger partial charge in [0.15, 0.2) is 0 Å². The van der Waals surface area contributed by atoms with Crippen LogP contribution in [-0.2, 0) is 11.2 Å². The number of hydrogen-bond donors (Lipinski definition) is 0. The van der Waals surface area contributed by atoms with Gasteiger partial charge in [-0.25, -0.2) is 23.1 Å². The van der Waals surface area contributed by atoms with Gasteiger partial charge in [0, 0.05) is 0 Å². The summed E-state index contributed by atoms with van der Waals surface area (Å²) in [4.78, 5) is 0. The van der Waals surface area contributed by atoms with E-state index in [1.54, 1.807) is 0 Å². The van der Waals surface area contributed by atoms with Crippen molar-refractivity contribution in [3.05, 3.63) is 82.5 Å². The summed E-state index contributed by atoms with van der Waals surface area (Å²) < 4.78 is 45.8. The SMILES string of the molecule is CC1=CC(=C2CCCc3c2cc(-c2ccccc2)[o+]c3C)C=C(C)O1.[O-][Cl+3]([O-])([O-])[O-]. The third kappa shape index (κ3) is 5.78. The van der Waals surface area contributed by atoms with Crippen LogP contribution in [0, 0.1) is 17.2 Å². The number of rotatable bonds is 1. The van der Waals surface area contributed by atoms with Crippen LogP contribution in [0.1, 0.15) is 43.6 Å². The first kappa shape index (κ1) is 22.2. The van der Waals surface area contributed by atoms with Crippen molar-refractivity contribution >= 4 is 5.57 Å². The van der Waals surface area contributed by atoms with Crippen LogP contribution in [0.3, 0.4) is 0 Å². The van der Waals surface area contributed by atoms with Crippen LogP contribution in [0.5, 0.6) is 0 Å². The lowest BCUT2D eigenvalue weighted by atomic mass is 9.83. The molecular weight excluding hydrogens is 408 g/mol. The van der Waals surface area contributed by atoms with Crippen LogP contribution >= 0.6 is 0 Å². The van der Waals surface area contributed by atoms with Crippen molar-refractivity contribution in [2.45, 2.75) is 40.0 Å². The number of hydrogen-bond acceptors (Lipinski definition) is 5. The third-order valence-electron chi connectivity index (χ3n) is 4.91. The molecule has 0 N–H and O–H groups in total. The molecule has 0 fully saturated rings. The van der Waals surface area contributed by atoms with Crippen molar-refractivity contribution in [2.24, 2.45) is 0 Å². The van der Waals surface area contributed by atoms with Crippen molar-refractivity contribution < 1.29 is 38.0 Å². The summed E-state index contributed by atoms with van der Waals surface area (Å²) >= 11 is 0. The van der Waals surface area contributed by atoms with E-state index in [9.17, 15) is 0 Å². The van der Waals surface area contributed by atoms with E-state index in [1.807, 2.05) is 19.9 Å². The standard InChI is InChI=1S/C23H23O2.ClHO4/c1-15-12-19(13-16(2)24-15)21-11-7-10-20-17(3)25-23(14-22(20)21)18-8-5-4-6-9-18;2-1(3,4)5/h4-6,8-9,12-14H,7,10-11H2,1-3H3;(H,2,3,4,5)/q+1;/p-1. The van der Waals surface area contributed by atoms with E-state index in [0.29, 0.717) is 0 Å². The number of allylic oxidation sites excluding steroid dienone is 6. The van der Waals surface area contributed by atoms with Crippen molar-refractivity contribution in [2.75, 3.05) is 0 Å². The maximum absolute atomic E-state index is 8.49. The quantitative estimate of drug-likeness (QED) is 0.636. The molecule has 1 aromatic heterocycles. The predicted octanol–water partition coefficient (Wildman–Crippen LogP) is 1.71. The fourth-order valence-corrected chi connectivity index (χ4v) is 3.83. The zero-order valence-electron chi connectivity index (χ0n) is 17.1. The Labute approximate surface area is 177 Å². The van der Waals surface area contributed by atoms with E-state index < -0.39 is 10.2 Å². The average Bonchev–Trinajstić information content (AvgIpc) is 2.66. The molecule has 158 valence electrons. The van der Waals surface area contributed by atoms with Crippen LogP contribution < -0.4 is 18.6 Å². The fourth-order valence-electron chi connectivity index (χ4n) is 3.83. The molecular formula is C23H23ClO6. The molecule has 0 radical (unpaired) electrons. The molecule has 0 saturated carbocycles. The van der Waals surface area contributed by atoms with E-state index in [4.69, 9.17) is 27.8 Å². The summed E-state index contributed by atoms with van der Waals surface area (Å²) in [6.07, 6.45) is 7.64. The number of fused-ring (bicyclic) bond motifs is 1. The lowest BCUT2D eigenvalue weighted by Gasteiger charge is -2.21. The summed E-state index contributed by atoms with van der Waals surface area (Å²) in [6, 6.07) is 12.6. The van der Waals surface area contributed by atoms with Gasteiger partial charge in [-0.3, -0.25) is 0 Å². The zero-order chi connectivity index (χ0) is 21.9. The highest BCUT2D eigenvalue weighted by atomic mass is 35.7. The molecule has 4 rings (SSSR count). The molecule has 0 spiro atoms. The Bertz CT molecular complexity index is 990. The predicted molar refractivity (Wildman–Crippen MR) is 102 cm³/mol. The second kappa shape index (κ2) is 9.12. The molecule has 30 heavy (non-hydrogen) atoms. The number of benzene rings is 1. The topological polar surface area (TPSA) is 113 Å². The van der Waals surface area contributed by atoms with Gasteiger partial charge in [-0.1, -0.05) is 18.2 Å². The minimum absolute atomic E-state index is 0.935. The van der Waals surface area contributed by atoms with Crippen molar-refractivity contribution in [3.8, 4) is 11.3 Å². The highest BCUT2D eigenvalue weighted by Crippen LogP contribution is 2.39. The van der Waals surface area contributed by atoms with Crippen molar-refractivity contribution in [1.29, 1.82) is 0 Å². The number of aryl methyl sites for hydroxylation is 1. The Balaban J connectivity index is 0.000000461. The normalized spacial score (nSPS) is 16.0. The second-order valence-electron chi connectivity index (χ2n) is 7.20. The lowest BCUT2D eigenvalue weighted by molar-refractivity contribution is -2.00. The average molecular weight is 431 g/mol. The molecule has 0 unspecified atom stereocenters. The number of halogens is 1. The van der Waals surface area contributed by atoms with Crippen LogP contribution in [-0.4, -0.2) is 0 Å². The maximum atomic E-state index is 8.49. The summed E-state index contributed by atoms with van der Waals surface area (Å²) in [5.41, 5.74) is 6.47. The van der Waals surface area contributed by atoms with Crippen LogP contribution in [0.15, 0.2) is 70.1 Å². The van der Waals surface area contributed by atoms with E-state index in [2.05, 4.69) is 49.4 Å². The van der Waals surface area contributed by atoms with E-state index in [1.165, 1.54) is 22.3 Å². The first-order chi connectivity index (χ1) is 14.1. The molecule has 2 aromatic rings. The van der Waals surface area contributed by atoms with Gasteiger partial charge in [-0.2, -0.15) is 0 Å². The van der Waals surface area contributed by atoms with Gasteiger partial charge in [0.05, 0.1) is 24.1 Å². The van der Waals surface area contributed by atoms with Crippen LogP contribution in [0.4, 0.5) is 0 Å². The highest BCUT2D eigenvalue weighted by molar-refractivity contribution is 5.79. The molecule has 2 heterocycles. The third-order valence-corrected chi connectivity index (χ3v) is 4.91. The van der Waals surface area contributed by atoms with Gasteiger partial charge >= 0.3 is 11.5 Å². The first-order valence-electron chi connectivity index (χ1n) is 9.53. The number of ether oxygens (including phenoxy) is 1. The molecule has 6 nitrogen and oxygen atoms in total. The Morgan fingerprint density at radius 3 is 2.10 bits per heavy atom. The Hall–Kier alpha value is -2.48. The lowest BCUT2D eigenvalue weighted by Crippen LogP contribution is -2.68. The smallest absolute Gasteiger partial charge is 0.360 e. The Morgan fingerprint density at radius 1 is 0.900 bits per heavy atom. The molecule has 0 bridgehead atoms. The zero-order valence-corrected chi connectivity index (χ0v) is 17.8. The van der Waals surface area contributed by atoms with Crippen LogP contribution in [0.25, 0.3) is 16.9 Å². The molecule has 0 amide bonds. The Morgan fingerprint density at radius 2 is 1.50 bits per heavy atom. The van der Waals surface area contributed by atoms with Gasteiger partial charge in [0.1, 0.15) is 11.5 Å². The Kier molecular flexibility index (Phi) is 6.75. The van der Waals surface area contributed by atoms with Crippen molar-refractivity contribution in [3.63, 3.8) is 0 Å². The summed E-state index contributed by atoms with van der Waals surface area (Å²) in [5.74, 6) is 3.87. The van der Waals surface area contributed by atoms with Crippen LogP contribution in [0.2, 0.25) is 0 Å². The largest absolute Gasteiger partial charge is 0.467 e. The molecule has 2 aliphatic rings. The van der Waals surface area contributed by atoms with E-state index >= 15 is 0 Å². The van der Waals surface area contributed by atoms with Gasteiger partial charge in [-0.15, -0.1) is 10.2 Å². The fraction of sp³-hybridized carbons (Fsp3) is 0.261. The highest BCUT2D eigenvalue weighted by Gasteiger charge is 2.27. The molecule has 7 heteroatoms.